The quantitative estimate of drug-likeness (QED) is 0.669. The molecule has 0 aromatic carbocycles. The molecule has 1 heterocycles. The Kier molecular flexibility index (Phi) is 4.70. The van der Waals surface area contributed by atoms with Crippen molar-refractivity contribution in [2.75, 3.05) is 26.2 Å². The maximum Gasteiger partial charge on any atom is 0.0446 e. The zero-order chi connectivity index (χ0) is 9.68. The van der Waals surface area contributed by atoms with Gasteiger partial charge in [-0.05, 0) is 26.3 Å². The van der Waals surface area contributed by atoms with Crippen LogP contribution in [0.5, 0.6) is 0 Å². The highest BCUT2D eigenvalue weighted by atomic mass is 16.3. The number of nitrogens with one attached hydrogen (secondary N) is 1. The molecule has 0 saturated carbocycles. The summed E-state index contributed by atoms with van der Waals surface area (Å²) in [6, 6.07) is 1.14. The molecule has 0 spiro atoms. The molecule has 0 aromatic rings. The zero-order valence-corrected chi connectivity index (χ0v) is 8.79. The van der Waals surface area contributed by atoms with Crippen molar-refractivity contribution >= 4 is 0 Å². The summed E-state index contributed by atoms with van der Waals surface area (Å²) in [5.41, 5.74) is 0. The Bertz CT molecular complexity index is 141. The van der Waals surface area contributed by atoms with Crippen LogP contribution in [0.15, 0.2) is 0 Å². The zero-order valence-electron chi connectivity index (χ0n) is 8.79. The molecule has 0 radical (unpaired) electrons. The van der Waals surface area contributed by atoms with Gasteiger partial charge in [0.1, 0.15) is 0 Å². The molecule has 0 amide bonds. The van der Waals surface area contributed by atoms with Crippen molar-refractivity contribution in [2.45, 2.75) is 38.8 Å². The average molecular weight is 186 g/mol. The van der Waals surface area contributed by atoms with Crippen LogP contribution in [-0.2, 0) is 0 Å². The molecule has 0 aromatic heterocycles. The van der Waals surface area contributed by atoms with E-state index in [0.717, 1.165) is 19.5 Å². The van der Waals surface area contributed by atoms with E-state index < -0.39 is 0 Å². The van der Waals surface area contributed by atoms with Crippen LogP contribution in [0.4, 0.5) is 0 Å². The maximum atomic E-state index is 8.84. The average Bonchev–Trinajstić information content (AvgIpc) is 2.12. The number of hydrogen-bond acceptors (Lipinski definition) is 3. The summed E-state index contributed by atoms with van der Waals surface area (Å²) < 4.78 is 0. The lowest BCUT2D eigenvalue weighted by molar-refractivity contribution is 0.126. The molecule has 1 aliphatic rings. The summed E-state index contributed by atoms with van der Waals surface area (Å²) in [5, 5.41) is 12.3. The van der Waals surface area contributed by atoms with Gasteiger partial charge in [0.2, 0.25) is 0 Å². The molecule has 13 heavy (non-hydrogen) atoms. The van der Waals surface area contributed by atoms with Crippen LogP contribution in [0.1, 0.15) is 26.7 Å². The van der Waals surface area contributed by atoms with Crippen molar-refractivity contribution in [1.82, 2.24) is 10.2 Å². The minimum atomic E-state index is 0.298. The van der Waals surface area contributed by atoms with Gasteiger partial charge in [0.15, 0.2) is 0 Å². The molecule has 78 valence electrons. The predicted molar refractivity (Wildman–Crippen MR) is 54.8 cm³/mol. The van der Waals surface area contributed by atoms with Gasteiger partial charge in [-0.1, -0.05) is 6.92 Å². The summed E-state index contributed by atoms with van der Waals surface area (Å²) >= 11 is 0. The lowest BCUT2D eigenvalue weighted by atomic mass is 10.1. The lowest BCUT2D eigenvalue weighted by Crippen LogP contribution is -2.55. The Morgan fingerprint density at radius 3 is 2.92 bits per heavy atom. The van der Waals surface area contributed by atoms with E-state index >= 15 is 0 Å². The third-order valence-corrected chi connectivity index (χ3v) is 2.77. The smallest absolute Gasteiger partial charge is 0.0446 e. The van der Waals surface area contributed by atoms with E-state index in [9.17, 15) is 0 Å². The Morgan fingerprint density at radius 1 is 1.54 bits per heavy atom. The molecular formula is C10H22N2O. The van der Waals surface area contributed by atoms with E-state index in [-0.39, 0.29) is 0 Å². The van der Waals surface area contributed by atoms with E-state index in [1.165, 1.54) is 13.0 Å². The standard InChI is InChI=1S/C10H22N2O/c1-3-5-12-8-10(4-6-13)11-7-9(12)2/h9-11,13H,3-8H2,1-2H3. The molecular weight excluding hydrogens is 164 g/mol. The maximum absolute atomic E-state index is 8.84. The first kappa shape index (κ1) is 11.0. The highest BCUT2D eigenvalue weighted by Crippen LogP contribution is 2.08. The van der Waals surface area contributed by atoms with Crippen LogP contribution >= 0.6 is 0 Å². The molecule has 0 aliphatic carbocycles. The summed E-state index contributed by atoms with van der Waals surface area (Å²) in [6.07, 6.45) is 2.10. The van der Waals surface area contributed by atoms with Crippen molar-refractivity contribution in [1.29, 1.82) is 0 Å². The van der Waals surface area contributed by atoms with Gasteiger partial charge in [-0.15, -0.1) is 0 Å². The topological polar surface area (TPSA) is 35.5 Å². The number of hydrogen-bond donors (Lipinski definition) is 2. The SMILES string of the molecule is CCCN1CC(CCO)NCC1C. The summed E-state index contributed by atoms with van der Waals surface area (Å²) in [6.45, 7) is 8.12. The Morgan fingerprint density at radius 2 is 2.31 bits per heavy atom. The van der Waals surface area contributed by atoms with Crippen molar-refractivity contribution in [3.63, 3.8) is 0 Å². The second kappa shape index (κ2) is 5.58. The number of aliphatic hydroxyl groups excluding tert-OH is 1. The number of piperazine rings is 1. The molecule has 1 rings (SSSR count). The molecule has 1 fully saturated rings. The Hall–Kier alpha value is -0.120. The van der Waals surface area contributed by atoms with Gasteiger partial charge < -0.3 is 10.4 Å². The Labute approximate surface area is 81.1 Å². The van der Waals surface area contributed by atoms with Crippen molar-refractivity contribution in [3.8, 4) is 0 Å². The fraction of sp³-hybridized carbons (Fsp3) is 1.00. The minimum Gasteiger partial charge on any atom is -0.396 e. The molecule has 3 nitrogen and oxygen atoms in total. The van der Waals surface area contributed by atoms with E-state index in [4.69, 9.17) is 5.11 Å². The van der Waals surface area contributed by atoms with Gasteiger partial charge in [-0.25, -0.2) is 0 Å². The molecule has 2 N–H and O–H groups in total. The van der Waals surface area contributed by atoms with Gasteiger partial charge in [0, 0.05) is 31.8 Å². The second-order valence-electron chi connectivity index (χ2n) is 3.96. The van der Waals surface area contributed by atoms with Gasteiger partial charge >= 0.3 is 0 Å². The minimum absolute atomic E-state index is 0.298. The van der Waals surface area contributed by atoms with Gasteiger partial charge in [0.25, 0.3) is 0 Å². The highest BCUT2D eigenvalue weighted by Gasteiger charge is 2.23. The number of aliphatic hydroxyl groups is 1. The molecule has 3 heteroatoms. The van der Waals surface area contributed by atoms with E-state index in [1.54, 1.807) is 0 Å². The fourth-order valence-electron chi connectivity index (χ4n) is 1.94. The normalized spacial score (nSPS) is 30.7. The molecule has 2 unspecified atom stereocenters. The van der Waals surface area contributed by atoms with E-state index in [2.05, 4.69) is 24.1 Å². The highest BCUT2D eigenvalue weighted by molar-refractivity contribution is 4.83. The summed E-state index contributed by atoms with van der Waals surface area (Å²) in [4.78, 5) is 2.51. The van der Waals surface area contributed by atoms with Gasteiger partial charge in [-0.3, -0.25) is 4.90 Å². The Balaban J connectivity index is 2.33. The predicted octanol–water partition coefficient (Wildman–Crippen LogP) is 0.441. The van der Waals surface area contributed by atoms with Crippen molar-refractivity contribution in [2.24, 2.45) is 0 Å². The fourth-order valence-corrected chi connectivity index (χ4v) is 1.94. The number of nitrogens with zero attached hydrogens (tertiary/aromatic N) is 1. The van der Waals surface area contributed by atoms with Crippen LogP contribution in [0.25, 0.3) is 0 Å². The summed E-state index contributed by atoms with van der Waals surface area (Å²) in [7, 11) is 0. The van der Waals surface area contributed by atoms with Crippen LogP contribution in [0.2, 0.25) is 0 Å². The number of rotatable bonds is 4. The largest absolute Gasteiger partial charge is 0.396 e. The molecule has 1 saturated heterocycles. The van der Waals surface area contributed by atoms with Crippen LogP contribution in [-0.4, -0.2) is 48.3 Å². The van der Waals surface area contributed by atoms with Crippen molar-refractivity contribution in [3.05, 3.63) is 0 Å². The van der Waals surface area contributed by atoms with E-state index in [0.29, 0.717) is 18.7 Å². The third-order valence-electron chi connectivity index (χ3n) is 2.77. The van der Waals surface area contributed by atoms with Crippen molar-refractivity contribution < 1.29 is 5.11 Å². The van der Waals surface area contributed by atoms with Crippen LogP contribution < -0.4 is 5.32 Å². The molecule has 0 bridgehead atoms. The van der Waals surface area contributed by atoms with Crippen LogP contribution in [0.3, 0.4) is 0 Å². The van der Waals surface area contributed by atoms with Crippen LogP contribution in [0, 0.1) is 0 Å². The first-order chi connectivity index (χ1) is 6.27. The third kappa shape index (κ3) is 3.25. The first-order valence-electron chi connectivity index (χ1n) is 5.36. The lowest BCUT2D eigenvalue weighted by Gasteiger charge is -2.38. The molecule has 1 aliphatic heterocycles. The molecule has 2 atom stereocenters. The monoisotopic (exact) mass is 186 g/mol. The summed E-state index contributed by atoms with van der Waals surface area (Å²) in [5.74, 6) is 0. The second-order valence-corrected chi connectivity index (χ2v) is 3.96. The van der Waals surface area contributed by atoms with Gasteiger partial charge in [-0.2, -0.15) is 0 Å². The van der Waals surface area contributed by atoms with E-state index in [1.807, 2.05) is 0 Å². The first-order valence-corrected chi connectivity index (χ1v) is 5.36. The van der Waals surface area contributed by atoms with Gasteiger partial charge in [0.05, 0.1) is 0 Å².